The van der Waals surface area contributed by atoms with Crippen LogP contribution in [-0.2, 0) is 27.9 Å². The number of allylic oxidation sites excluding steroid dienone is 6. The second-order valence-corrected chi connectivity index (χ2v) is 13.2. The van der Waals surface area contributed by atoms with E-state index in [4.69, 9.17) is 18.5 Å². The first-order valence-corrected chi connectivity index (χ1v) is 17.7. The number of carbonyl (C=O) groups is 1. The summed E-state index contributed by atoms with van der Waals surface area (Å²) < 4.78 is 34.0. The van der Waals surface area contributed by atoms with Gasteiger partial charge in [0.05, 0.1) is 34.4 Å². The number of esters is 1. The Hall–Kier alpha value is -1.28. The Morgan fingerprint density at radius 1 is 0.762 bits per heavy atom. The molecule has 0 bridgehead atoms. The van der Waals surface area contributed by atoms with Crippen LogP contribution < -0.4 is 4.89 Å². The summed E-state index contributed by atoms with van der Waals surface area (Å²) in [5.74, 6) is -0.360. The van der Waals surface area contributed by atoms with Crippen molar-refractivity contribution in [3.63, 3.8) is 0 Å². The SMILES string of the molecule is CC/C=C\C/C=C\C/C=C\CCCCCCCCOCC(COP(=O)([O-])OCC[N+](C)(C)C)OC(=O)CCCCCC. The number of unbranched alkanes of at least 4 members (excludes halogenated alkanes) is 9. The number of phosphoric ester groups is 1. The molecule has 0 saturated carbocycles. The number of ether oxygens (including phenoxy) is 2. The first-order valence-electron chi connectivity index (χ1n) is 16.2. The molecule has 0 spiro atoms. The topological polar surface area (TPSA) is 94.1 Å². The third-order valence-electron chi connectivity index (χ3n) is 6.46. The molecule has 0 fully saturated rings. The van der Waals surface area contributed by atoms with Crippen molar-refractivity contribution in [2.24, 2.45) is 0 Å². The summed E-state index contributed by atoms with van der Waals surface area (Å²) >= 11 is 0. The second-order valence-electron chi connectivity index (χ2n) is 11.8. The minimum absolute atomic E-state index is 0.0222. The molecule has 0 aromatic rings. The van der Waals surface area contributed by atoms with Gasteiger partial charge in [0.25, 0.3) is 7.82 Å². The fraction of sp³-hybridized carbons (Fsp3) is 0.788. The van der Waals surface area contributed by atoms with Crippen molar-refractivity contribution in [1.29, 1.82) is 0 Å². The van der Waals surface area contributed by atoms with E-state index < -0.39 is 13.9 Å². The Morgan fingerprint density at radius 2 is 1.38 bits per heavy atom. The molecule has 0 aromatic carbocycles. The molecule has 42 heavy (non-hydrogen) atoms. The Bertz CT molecular complexity index is 777. The molecule has 0 amide bonds. The van der Waals surface area contributed by atoms with E-state index in [0.717, 1.165) is 70.6 Å². The lowest BCUT2D eigenvalue weighted by Crippen LogP contribution is -2.37. The van der Waals surface area contributed by atoms with Crippen molar-refractivity contribution in [3.8, 4) is 0 Å². The van der Waals surface area contributed by atoms with Gasteiger partial charge in [-0.2, -0.15) is 0 Å². The van der Waals surface area contributed by atoms with Gasteiger partial charge in [0.1, 0.15) is 19.3 Å². The molecular formula is C33H62NO7P. The van der Waals surface area contributed by atoms with E-state index in [1.807, 2.05) is 21.1 Å². The third-order valence-corrected chi connectivity index (χ3v) is 7.42. The van der Waals surface area contributed by atoms with E-state index in [-0.39, 0.29) is 25.8 Å². The Kier molecular flexibility index (Phi) is 26.5. The number of hydrogen-bond donors (Lipinski definition) is 0. The van der Waals surface area contributed by atoms with Gasteiger partial charge in [-0.05, 0) is 44.9 Å². The van der Waals surface area contributed by atoms with Gasteiger partial charge in [-0.25, -0.2) is 0 Å². The van der Waals surface area contributed by atoms with Gasteiger partial charge in [-0.15, -0.1) is 0 Å². The molecule has 0 aliphatic heterocycles. The first kappa shape index (κ1) is 40.7. The molecule has 0 aromatic heterocycles. The van der Waals surface area contributed by atoms with Gasteiger partial charge in [-0.1, -0.05) is 95.2 Å². The fourth-order valence-corrected chi connectivity index (χ4v) is 4.64. The Morgan fingerprint density at radius 3 is 2.05 bits per heavy atom. The Labute approximate surface area is 257 Å². The number of carbonyl (C=O) groups excluding carboxylic acids is 1. The van der Waals surface area contributed by atoms with Gasteiger partial charge in [0, 0.05) is 13.0 Å². The molecule has 0 aliphatic rings. The van der Waals surface area contributed by atoms with Crippen LogP contribution >= 0.6 is 7.82 Å². The summed E-state index contributed by atoms with van der Waals surface area (Å²) in [7, 11) is 1.34. The highest BCUT2D eigenvalue weighted by atomic mass is 31.2. The smallest absolute Gasteiger partial charge is 0.306 e. The van der Waals surface area contributed by atoms with Crippen LogP contribution in [0, 0.1) is 0 Å². The molecule has 246 valence electrons. The normalized spacial score (nSPS) is 14.7. The summed E-state index contributed by atoms with van der Waals surface area (Å²) in [4.78, 5) is 24.5. The first-order chi connectivity index (χ1) is 20.1. The number of phosphoric acid groups is 1. The van der Waals surface area contributed by atoms with Crippen LogP contribution in [0.15, 0.2) is 36.5 Å². The van der Waals surface area contributed by atoms with Crippen molar-refractivity contribution in [2.75, 3.05) is 54.1 Å². The minimum Gasteiger partial charge on any atom is -0.756 e. The van der Waals surface area contributed by atoms with Crippen LogP contribution in [0.5, 0.6) is 0 Å². The van der Waals surface area contributed by atoms with E-state index in [9.17, 15) is 14.3 Å². The van der Waals surface area contributed by atoms with Crippen LogP contribution in [0.3, 0.4) is 0 Å². The second kappa shape index (κ2) is 27.3. The van der Waals surface area contributed by atoms with Gasteiger partial charge in [0.15, 0.2) is 0 Å². The number of rotatable bonds is 29. The van der Waals surface area contributed by atoms with Gasteiger partial charge < -0.3 is 27.9 Å². The lowest BCUT2D eigenvalue weighted by atomic mass is 10.1. The maximum Gasteiger partial charge on any atom is 0.306 e. The largest absolute Gasteiger partial charge is 0.756 e. The van der Waals surface area contributed by atoms with Gasteiger partial charge >= 0.3 is 5.97 Å². The maximum atomic E-state index is 12.3. The summed E-state index contributed by atoms with van der Waals surface area (Å²) in [5, 5.41) is 0. The molecule has 0 saturated heterocycles. The van der Waals surface area contributed by atoms with Crippen molar-refractivity contribution in [2.45, 2.75) is 116 Å². The van der Waals surface area contributed by atoms with Crippen LogP contribution in [0.2, 0.25) is 0 Å². The molecule has 9 heteroatoms. The van der Waals surface area contributed by atoms with Crippen molar-refractivity contribution in [3.05, 3.63) is 36.5 Å². The monoisotopic (exact) mass is 615 g/mol. The van der Waals surface area contributed by atoms with E-state index >= 15 is 0 Å². The molecule has 0 heterocycles. The highest BCUT2D eigenvalue weighted by Crippen LogP contribution is 2.38. The van der Waals surface area contributed by atoms with E-state index in [2.05, 4.69) is 50.3 Å². The van der Waals surface area contributed by atoms with Gasteiger partial charge in [0.2, 0.25) is 0 Å². The molecule has 2 unspecified atom stereocenters. The fourth-order valence-electron chi connectivity index (χ4n) is 3.91. The molecule has 0 radical (unpaired) electrons. The average molecular weight is 616 g/mol. The predicted octanol–water partition coefficient (Wildman–Crippen LogP) is 7.68. The minimum atomic E-state index is -4.50. The highest BCUT2D eigenvalue weighted by molar-refractivity contribution is 7.45. The zero-order valence-electron chi connectivity index (χ0n) is 27.4. The number of hydrogen-bond acceptors (Lipinski definition) is 7. The molecule has 0 N–H and O–H groups in total. The lowest BCUT2D eigenvalue weighted by Gasteiger charge is -2.28. The molecule has 8 nitrogen and oxygen atoms in total. The molecular weight excluding hydrogens is 553 g/mol. The van der Waals surface area contributed by atoms with Crippen molar-refractivity contribution in [1.82, 2.24) is 0 Å². The molecule has 0 rings (SSSR count). The Balaban J connectivity index is 4.19. The van der Waals surface area contributed by atoms with Crippen molar-refractivity contribution >= 4 is 13.8 Å². The number of likely N-dealkylation sites (N-methyl/N-ethyl adjacent to an activating group) is 1. The quantitative estimate of drug-likeness (QED) is 0.0280. The number of nitrogens with zero attached hydrogens (tertiary/aromatic N) is 1. The summed E-state index contributed by atoms with van der Waals surface area (Å²) in [6.45, 7) is 5.11. The lowest BCUT2D eigenvalue weighted by molar-refractivity contribution is -0.870. The van der Waals surface area contributed by atoms with Crippen LogP contribution in [-0.4, -0.2) is 70.7 Å². The van der Waals surface area contributed by atoms with E-state index in [1.54, 1.807) is 0 Å². The number of quaternary nitrogens is 1. The zero-order chi connectivity index (χ0) is 31.4. The van der Waals surface area contributed by atoms with E-state index in [0.29, 0.717) is 24.1 Å². The van der Waals surface area contributed by atoms with E-state index in [1.165, 1.54) is 19.3 Å². The van der Waals surface area contributed by atoms with Crippen molar-refractivity contribution < 1.29 is 37.3 Å². The van der Waals surface area contributed by atoms with Crippen LogP contribution in [0.25, 0.3) is 0 Å². The highest BCUT2D eigenvalue weighted by Gasteiger charge is 2.20. The maximum absolute atomic E-state index is 12.3. The zero-order valence-corrected chi connectivity index (χ0v) is 28.3. The van der Waals surface area contributed by atoms with Crippen LogP contribution in [0.1, 0.15) is 110 Å². The third kappa shape index (κ3) is 30.2. The summed E-state index contributed by atoms with van der Waals surface area (Å²) in [6.07, 6.45) is 27.8. The standard InChI is InChI=1S/C33H62NO7P/c1-6-8-10-12-13-14-15-16-17-18-19-20-21-22-23-25-28-38-30-32(41-33(35)26-24-11-9-7-2)31-40-42(36,37)39-29-27-34(3,4)5/h8,10,13-14,16-17,32H,6-7,9,11-12,15,18-31H2,1-5H3/b10-8-,14-13-,17-16-. The summed E-state index contributed by atoms with van der Waals surface area (Å²) in [5.41, 5.74) is 0. The van der Waals surface area contributed by atoms with Crippen LogP contribution in [0.4, 0.5) is 0 Å². The van der Waals surface area contributed by atoms with Gasteiger partial charge in [-0.3, -0.25) is 9.36 Å². The molecule has 0 aliphatic carbocycles. The predicted molar refractivity (Wildman–Crippen MR) is 171 cm³/mol. The summed E-state index contributed by atoms with van der Waals surface area (Å²) in [6, 6.07) is 0. The molecule has 2 atom stereocenters. The average Bonchev–Trinajstić information content (AvgIpc) is 2.92.